The topological polar surface area (TPSA) is 76.7 Å². The zero-order valence-corrected chi connectivity index (χ0v) is 17.3. The molecule has 30 heavy (non-hydrogen) atoms. The van der Waals surface area contributed by atoms with Crippen LogP contribution < -0.4 is 20.1 Å². The fourth-order valence-corrected chi connectivity index (χ4v) is 2.90. The Kier molecular flexibility index (Phi) is 6.93. The number of rotatable bonds is 7. The molecule has 0 aromatic heterocycles. The van der Waals surface area contributed by atoms with Crippen LogP contribution in [0.15, 0.2) is 66.7 Å². The van der Waals surface area contributed by atoms with Crippen LogP contribution in [0.3, 0.4) is 0 Å². The summed E-state index contributed by atoms with van der Waals surface area (Å²) in [6, 6.07) is 19.0. The molecule has 0 saturated carbocycles. The molecular formula is C23H21ClN2O4. The first kappa shape index (κ1) is 21.2. The lowest BCUT2D eigenvalue weighted by atomic mass is 10.1. The summed E-state index contributed by atoms with van der Waals surface area (Å²) in [6.45, 7) is 1.66. The number of para-hydroxylation sites is 2. The molecular weight excluding hydrogens is 404 g/mol. The quantitative estimate of drug-likeness (QED) is 0.564. The summed E-state index contributed by atoms with van der Waals surface area (Å²) in [6.07, 6.45) is 0. The minimum atomic E-state index is -0.322. The van der Waals surface area contributed by atoms with E-state index in [1.165, 1.54) is 7.11 Å². The van der Waals surface area contributed by atoms with Crippen LogP contribution in [0.5, 0.6) is 11.5 Å². The van der Waals surface area contributed by atoms with Gasteiger partial charge >= 0.3 is 0 Å². The molecule has 0 unspecified atom stereocenters. The monoisotopic (exact) mass is 424 g/mol. The van der Waals surface area contributed by atoms with Crippen molar-refractivity contribution in [3.05, 3.63) is 82.9 Å². The maximum atomic E-state index is 12.4. The number of methoxy groups -OCH3 is 1. The number of carbonyl (C=O) groups is 2. The molecule has 0 saturated heterocycles. The van der Waals surface area contributed by atoms with Crippen LogP contribution in [0.2, 0.25) is 5.02 Å². The second-order valence-electron chi connectivity index (χ2n) is 6.43. The third-order valence-corrected chi connectivity index (χ3v) is 4.79. The van der Waals surface area contributed by atoms with E-state index < -0.39 is 0 Å². The van der Waals surface area contributed by atoms with Crippen molar-refractivity contribution < 1.29 is 19.1 Å². The van der Waals surface area contributed by atoms with E-state index in [1.54, 1.807) is 60.7 Å². The van der Waals surface area contributed by atoms with E-state index in [0.29, 0.717) is 33.5 Å². The molecule has 3 aromatic rings. The van der Waals surface area contributed by atoms with Crippen molar-refractivity contribution in [3.8, 4) is 11.5 Å². The minimum Gasteiger partial charge on any atom is -0.495 e. The number of ether oxygens (including phenoxy) is 2. The lowest BCUT2D eigenvalue weighted by molar-refractivity contribution is -0.118. The number of nitrogens with one attached hydrogen (secondary N) is 2. The average Bonchev–Trinajstić information content (AvgIpc) is 2.76. The van der Waals surface area contributed by atoms with Gasteiger partial charge in [0.15, 0.2) is 6.61 Å². The first-order chi connectivity index (χ1) is 14.5. The molecule has 0 spiro atoms. The Bertz CT molecular complexity index is 1050. The van der Waals surface area contributed by atoms with Gasteiger partial charge in [0.1, 0.15) is 11.5 Å². The summed E-state index contributed by atoms with van der Waals surface area (Å²) in [5.74, 6) is 0.454. The SMILES string of the molecule is COc1ccccc1NC(=O)COc1ccc(C(=O)Nc2cccc(Cl)c2C)cc1. The van der Waals surface area contributed by atoms with E-state index >= 15 is 0 Å². The highest BCUT2D eigenvalue weighted by molar-refractivity contribution is 6.31. The number of anilines is 2. The van der Waals surface area contributed by atoms with Crippen LogP contribution >= 0.6 is 11.6 Å². The van der Waals surface area contributed by atoms with E-state index in [0.717, 1.165) is 5.56 Å². The summed E-state index contributed by atoms with van der Waals surface area (Å²) in [5, 5.41) is 6.16. The molecule has 0 bridgehead atoms. The highest BCUT2D eigenvalue weighted by atomic mass is 35.5. The summed E-state index contributed by atoms with van der Waals surface area (Å²) in [7, 11) is 1.53. The number of hydrogen-bond donors (Lipinski definition) is 2. The molecule has 0 heterocycles. The van der Waals surface area contributed by atoms with E-state index in [4.69, 9.17) is 21.1 Å². The molecule has 2 amide bonds. The molecule has 0 fully saturated rings. The molecule has 3 rings (SSSR count). The Hall–Kier alpha value is -3.51. The summed E-state index contributed by atoms with van der Waals surface area (Å²) in [5.41, 5.74) is 2.48. The average molecular weight is 425 g/mol. The largest absolute Gasteiger partial charge is 0.495 e. The Labute approximate surface area is 179 Å². The number of amides is 2. The van der Waals surface area contributed by atoms with Gasteiger partial charge in [-0.05, 0) is 61.0 Å². The smallest absolute Gasteiger partial charge is 0.262 e. The van der Waals surface area contributed by atoms with Crippen molar-refractivity contribution in [1.29, 1.82) is 0 Å². The van der Waals surface area contributed by atoms with Crippen LogP contribution in [0, 0.1) is 6.92 Å². The van der Waals surface area contributed by atoms with E-state index in [9.17, 15) is 9.59 Å². The lowest BCUT2D eigenvalue weighted by Gasteiger charge is -2.11. The molecule has 0 aliphatic carbocycles. The van der Waals surface area contributed by atoms with Gasteiger partial charge in [-0.15, -0.1) is 0 Å². The van der Waals surface area contributed by atoms with Crippen LogP contribution in [0.4, 0.5) is 11.4 Å². The van der Waals surface area contributed by atoms with Crippen LogP contribution in [-0.4, -0.2) is 25.5 Å². The maximum absolute atomic E-state index is 12.4. The molecule has 0 aliphatic rings. The van der Waals surface area contributed by atoms with Gasteiger partial charge in [-0.25, -0.2) is 0 Å². The third-order valence-electron chi connectivity index (χ3n) is 4.38. The zero-order valence-electron chi connectivity index (χ0n) is 16.6. The zero-order chi connectivity index (χ0) is 21.5. The van der Waals surface area contributed by atoms with E-state index in [-0.39, 0.29) is 18.4 Å². The predicted molar refractivity (Wildman–Crippen MR) is 118 cm³/mol. The first-order valence-corrected chi connectivity index (χ1v) is 9.58. The summed E-state index contributed by atoms with van der Waals surface area (Å²) in [4.78, 5) is 24.6. The predicted octanol–water partition coefficient (Wildman–Crippen LogP) is 4.93. The van der Waals surface area contributed by atoms with Gasteiger partial charge in [-0.2, -0.15) is 0 Å². The van der Waals surface area contributed by atoms with Crippen LogP contribution in [0.1, 0.15) is 15.9 Å². The Morgan fingerprint density at radius 3 is 2.33 bits per heavy atom. The standard InChI is InChI=1S/C23H21ClN2O4/c1-15-18(24)6-5-8-19(15)26-23(28)16-10-12-17(13-11-16)30-14-22(27)25-20-7-3-4-9-21(20)29-2/h3-13H,14H2,1-2H3,(H,25,27)(H,26,28). The highest BCUT2D eigenvalue weighted by Gasteiger charge is 2.11. The van der Waals surface area contributed by atoms with Crippen LogP contribution in [-0.2, 0) is 4.79 Å². The highest BCUT2D eigenvalue weighted by Crippen LogP contribution is 2.24. The van der Waals surface area contributed by atoms with Gasteiger partial charge in [0.25, 0.3) is 11.8 Å². The van der Waals surface area contributed by atoms with Crippen molar-refractivity contribution in [3.63, 3.8) is 0 Å². The van der Waals surface area contributed by atoms with Gasteiger partial charge in [-0.1, -0.05) is 29.8 Å². The number of carbonyl (C=O) groups excluding carboxylic acids is 2. The van der Waals surface area contributed by atoms with Gasteiger partial charge < -0.3 is 20.1 Å². The Morgan fingerprint density at radius 2 is 1.60 bits per heavy atom. The van der Waals surface area contributed by atoms with Gasteiger partial charge in [0, 0.05) is 16.3 Å². The number of hydrogen-bond acceptors (Lipinski definition) is 4. The Morgan fingerprint density at radius 1 is 0.900 bits per heavy atom. The molecule has 0 atom stereocenters. The molecule has 2 N–H and O–H groups in total. The lowest BCUT2D eigenvalue weighted by Crippen LogP contribution is -2.20. The molecule has 154 valence electrons. The second-order valence-corrected chi connectivity index (χ2v) is 6.84. The van der Waals surface area contributed by atoms with Crippen molar-refractivity contribution in [2.75, 3.05) is 24.4 Å². The fraction of sp³-hybridized carbons (Fsp3) is 0.130. The van der Waals surface area contributed by atoms with E-state index in [1.807, 2.05) is 13.0 Å². The number of halogens is 1. The number of benzene rings is 3. The second kappa shape index (κ2) is 9.80. The van der Waals surface area contributed by atoms with Gasteiger partial charge in [-0.3, -0.25) is 9.59 Å². The van der Waals surface area contributed by atoms with Gasteiger partial charge in [0.2, 0.25) is 0 Å². The molecule has 6 nitrogen and oxygen atoms in total. The minimum absolute atomic E-state index is 0.175. The van der Waals surface area contributed by atoms with E-state index in [2.05, 4.69) is 10.6 Å². The summed E-state index contributed by atoms with van der Waals surface area (Å²) < 4.78 is 10.7. The van der Waals surface area contributed by atoms with Crippen molar-refractivity contribution in [2.24, 2.45) is 0 Å². The molecule has 3 aromatic carbocycles. The normalized spacial score (nSPS) is 10.2. The van der Waals surface area contributed by atoms with Gasteiger partial charge in [0.05, 0.1) is 12.8 Å². The third kappa shape index (κ3) is 5.30. The van der Waals surface area contributed by atoms with Crippen molar-refractivity contribution in [1.82, 2.24) is 0 Å². The summed E-state index contributed by atoms with van der Waals surface area (Å²) >= 11 is 6.08. The first-order valence-electron chi connectivity index (χ1n) is 9.20. The molecule has 7 heteroatoms. The fourth-order valence-electron chi connectivity index (χ4n) is 2.72. The van der Waals surface area contributed by atoms with Crippen molar-refractivity contribution in [2.45, 2.75) is 6.92 Å². The molecule has 0 aliphatic heterocycles. The van der Waals surface area contributed by atoms with Crippen molar-refractivity contribution >= 4 is 34.8 Å². The maximum Gasteiger partial charge on any atom is 0.262 e. The van der Waals surface area contributed by atoms with Crippen LogP contribution in [0.25, 0.3) is 0 Å². The molecule has 0 radical (unpaired) electrons. The Balaban J connectivity index is 1.56.